The number of benzene rings is 2. The minimum atomic E-state index is -4.61. The van der Waals surface area contributed by atoms with E-state index in [-0.39, 0.29) is 18.1 Å². The number of alkyl halides is 3. The number of aryl methyl sites for hydroxylation is 1. The van der Waals surface area contributed by atoms with Crippen LogP contribution in [-0.4, -0.2) is 17.6 Å². The van der Waals surface area contributed by atoms with E-state index < -0.39 is 17.3 Å². The number of aromatic nitrogens is 1. The first-order valence-corrected chi connectivity index (χ1v) is 10.8. The van der Waals surface area contributed by atoms with Crippen molar-refractivity contribution in [3.63, 3.8) is 0 Å². The van der Waals surface area contributed by atoms with Crippen molar-refractivity contribution in [3.05, 3.63) is 77.5 Å². The topological polar surface area (TPSA) is 72.2 Å². The molecular weight excluding hydrogens is 445 g/mol. The van der Waals surface area contributed by atoms with Crippen molar-refractivity contribution < 1.29 is 27.4 Å². The first kappa shape index (κ1) is 26.4. The average molecular weight is 470 g/mol. The smallest absolute Gasteiger partial charge is 0.417 e. The fraction of sp³-hybridized carbons (Fsp3) is 0.269. The molecule has 0 saturated carbocycles. The Balaban J connectivity index is 0.00000199. The van der Waals surface area contributed by atoms with Crippen molar-refractivity contribution in [1.82, 2.24) is 4.98 Å². The minimum Gasteiger partial charge on any atom is -0.466 e. The van der Waals surface area contributed by atoms with Crippen LogP contribution < -0.4 is 4.74 Å². The van der Waals surface area contributed by atoms with E-state index in [0.29, 0.717) is 24.5 Å². The number of nitriles is 1. The molecule has 3 rings (SSSR count). The standard InChI is InChI=1S/C24H19F3N2O3.C2H6/c1-2-31-23(30)13-8-18-4-3-5-22(29-18)16-6-9-19(10-7-16)32-20-11-12-21(24(25,26)27)17(14-20)15-28;1-2/h3-7,9-12,14H,2,8,13H2,1H3;1-2H3. The van der Waals surface area contributed by atoms with Gasteiger partial charge in [-0.25, -0.2) is 0 Å². The third kappa shape index (κ3) is 7.34. The molecule has 3 aromatic rings. The molecule has 34 heavy (non-hydrogen) atoms. The second kappa shape index (κ2) is 12.4. The molecule has 2 aromatic carbocycles. The zero-order valence-corrected chi connectivity index (χ0v) is 19.1. The Morgan fingerprint density at radius 2 is 1.71 bits per heavy atom. The van der Waals surface area contributed by atoms with Gasteiger partial charge in [-0.05, 0) is 61.5 Å². The minimum absolute atomic E-state index is 0.126. The highest BCUT2D eigenvalue weighted by Crippen LogP contribution is 2.34. The number of esters is 1. The lowest BCUT2D eigenvalue weighted by Gasteiger charge is -2.11. The second-order valence-corrected chi connectivity index (χ2v) is 6.76. The van der Waals surface area contributed by atoms with Gasteiger partial charge in [0, 0.05) is 17.7 Å². The SMILES string of the molecule is CC.CCOC(=O)CCc1cccc(-c2ccc(Oc3ccc(C(F)(F)F)c(C#N)c3)cc2)n1. The number of ether oxygens (including phenoxy) is 2. The molecular formula is C26H25F3N2O3. The Hall–Kier alpha value is -3.86. The van der Waals surface area contributed by atoms with Crippen molar-refractivity contribution in [2.75, 3.05) is 6.61 Å². The summed E-state index contributed by atoms with van der Waals surface area (Å²) in [6.45, 7) is 6.09. The Kier molecular flexibility index (Phi) is 9.62. The Bertz CT molecular complexity index is 1140. The molecule has 5 nitrogen and oxygen atoms in total. The number of carbonyl (C=O) groups excluding carboxylic acids is 1. The normalized spacial score (nSPS) is 10.5. The molecule has 0 spiro atoms. The lowest BCUT2D eigenvalue weighted by Crippen LogP contribution is -2.07. The molecule has 0 saturated heterocycles. The summed E-state index contributed by atoms with van der Waals surface area (Å²) >= 11 is 0. The van der Waals surface area contributed by atoms with Crippen LogP contribution in [0.1, 0.15) is 44.0 Å². The number of hydrogen-bond acceptors (Lipinski definition) is 5. The number of halogens is 3. The molecule has 0 amide bonds. The Morgan fingerprint density at radius 3 is 2.32 bits per heavy atom. The highest BCUT2D eigenvalue weighted by Gasteiger charge is 2.33. The Morgan fingerprint density at radius 1 is 1.03 bits per heavy atom. The van der Waals surface area contributed by atoms with Crippen molar-refractivity contribution in [2.45, 2.75) is 39.8 Å². The van der Waals surface area contributed by atoms with E-state index in [1.807, 2.05) is 32.0 Å². The summed E-state index contributed by atoms with van der Waals surface area (Å²) in [6, 6.07) is 17.0. The van der Waals surface area contributed by atoms with Gasteiger partial charge in [0.05, 0.1) is 35.9 Å². The maximum atomic E-state index is 12.9. The predicted octanol–water partition coefficient (Wildman–Crippen LogP) is 6.95. The summed E-state index contributed by atoms with van der Waals surface area (Å²) in [4.78, 5) is 16.1. The fourth-order valence-corrected chi connectivity index (χ4v) is 3.00. The average Bonchev–Trinajstić information content (AvgIpc) is 2.84. The Labute approximate surface area is 196 Å². The number of rotatable bonds is 7. The summed E-state index contributed by atoms with van der Waals surface area (Å²) in [6.07, 6.45) is -3.90. The lowest BCUT2D eigenvalue weighted by atomic mass is 10.1. The van der Waals surface area contributed by atoms with Gasteiger partial charge in [0.15, 0.2) is 0 Å². The van der Waals surface area contributed by atoms with Crippen LogP contribution in [-0.2, 0) is 22.1 Å². The highest BCUT2D eigenvalue weighted by atomic mass is 19.4. The molecule has 1 aromatic heterocycles. The highest BCUT2D eigenvalue weighted by molar-refractivity contribution is 5.69. The molecule has 1 heterocycles. The van der Waals surface area contributed by atoms with Gasteiger partial charge in [0.2, 0.25) is 0 Å². The zero-order chi connectivity index (χ0) is 25.1. The van der Waals surface area contributed by atoms with Gasteiger partial charge < -0.3 is 9.47 Å². The molecule has 0 aliphatic carbocycles. The fourth-order valence-electron chi connectivity index (χ4n) is 3.00. The second-order valence-electron chi connectivity index (χ2n) is 6.76. The van der Waals surface area contributed by atoms with Crippen LogP contribution >= 0.6 is 0 Å². The largest absolute Gasteiger partial charge is 0.466 e. The van der Waals surface area contributed by atoms with E-state index in [1.54, 1.807) is 37.3 Å². The van der Waals surface area contributed by atoms with Crippen LogP contribution in [0.25, 0.3) is 11.3 Å². The molecule has 0 radical (unpaired) electrons. The summed E-state index contributed by atoms with van der Waals surface area (Å²) < 4.78 is 49.3. The maximum absolute atomic E-state index is 12.9. The van der Waals surface area contributed by atoms with Gasteiger partial charge >= 0.3 is 12.1 Å². The monoisotopic (exact) mass is 470 g/mol. The first-order chi connectivity index (χ1) is 16.3. The molecule has 0 atom stereocenters. The van der Waals surface area contributed by atoms with E-state index >= 15 is 0 Å². The number of carbonyl (C=O) groups is 1. The third-order valence-electron chi connectivity index (χ3n) is 4.50. The molecule has 0 unspecified atom stereocenters. The molecule has 0 N–H and O–H groups in total. The van der Waals surface area contributed by atoms with E-state index in [9.17, 15) is 18.0 Å². The van der Waals surface area contributed by atoms with Crippen molar-refractivity contribution in [1.29, 1.82) is 5.26 Å². The van der Waals surface area contributed by atoms with Crippen molar-refractivity contribution >= 4 is 5.97 Å². The van der Waals surface area contributed by atoms with Crippen LogP contribution in [0.4, 0.5) is 13.2 Å². The van der Waals surface area contributed by atoms with E-state index in [0.717, 1.165) is 23.4 Å². The summed E-state index contributed by atoms with van der Waals surface area (Å²) in [5.74, 6) is 0.251. The summed E-state index contributed by atoms with van der Waals surface area (Å²) in [5.41, 5.74) is 0.761. The molecule has 0 fully saturated rings. The van der Waals surface area contributed by atoms with Gasteiger partial charge in [-0.15, -0.1) is 0 Å². The lowest BCUT2D eigenvalue weighted by molar-refractivity contribution is -0.143. The van der Waals surface area contributed by atoms with Gasteiger partial charge in [-0.1, -0.05) is 19.9 Å². The number of hydrogen-bond donors (Lipinski definition) is 0. The molecule has 0 aliphatic rings. The maximum Gasteiger partial charge on any atom is 0.417 e. The third-order valence-corrected chi connectivity index (χ3v) is 4.50. The van der Waals surface area contributed by atoms with Crippen LogP contribution in [0.5, 0.6) is 11.5 Å². The first-order valence-electron chi connectivity index (χ1n) is 10.8. The van der Waals surface area contributed by atoms with E-state index in [4.69, 9.17) is 14.7 Å². The molecule has 0 aliphatic heterocycles. The number of nitrogens with zero attached hydrogens (tertiary/aromatic N) is 2. The quantitative estimate of drug-likeness (QED) is 0.349. The van der Waals surface area contributed by atoms with E-state index in [2.05, 4.69) is 4.98 Å². The van der Waals surface area contributed by atoms with Crippen molar-refractivity contribution in [3.8, 4) is 28.8 Å². The molecule has 0 bridgehead atoms. The summed E-state index contributed by atoms with van der Waals surface area (Å²) in [7, 11) is 0. The van der Waals surface area contributed by atoms with Crippen LogP contribution in [0.15, 0.2) is 60.7 Å². The predicted molar refractivity (Wildman–Crippen MR) is 122 cm³/mol. The van der Waals surface area contributed by atoms with Gasteiger partial charge in [0.25, 0.3) is 0 Å². The van der Waals surface area contributed by atoms with Gasteiger partial charge in [-0.2, -0.15) is 18.4 Å². The molecule has 8 heteroatoms. The van der Waals surface area contributed by atoms with Crippen LogP contribution in [0, 0.1) is 11.3 Å². The van der Waals surface area contributed by atoms with E-state index in [1.165, 1.54) is 6.07 Å². The number of pyridine rings is 1. The van der Waals surface area contributed by atoms with Crippen molar-refractivity contribution in [2.24, 2.45) is 0 Å². The van der Waals surface area contributed by atoms with Gasteiger partial charge in [-0.3, -0.25) is 9.78 Å². The molecule has 178 valence electrons. The van der Waals surface area contributed by atoms with Crippen LogP contribution in [0.2, 0.25) is 0 Å². The summed E-state index contributed by atoms with van der Waals surface area (Å²) in [5, 5.41) is 9.01. The zero-order valence-electron chi connectivity index (χ0n) is 19.1. The van der Waals surface area contributed by atoms with Gasteiger partial charge in [0.1, 0.15) is 11.5 Å². The van der Waals surface area contributed by atoms with Crippen LogP contribution in [0.3, 0.4) is 0 Å².